The smallest absolute Gasteiger partial charge is 0.252 e. The van der Waals surface area contributed by atoms with Gasteiger partial charge in [0.1, 0.15) is 11.9 Å². The third kappa shape index (κ3) is 3.42. The second kappa shape index (κ2) is 6.59. The Hall–Kier alpha value is -3.22. The maximum atomic E-state index is 12.5. The molecular weight excluding hydrogens is 330 g/mol. The van der Waals surface area contributed by atoms with E-state index in [0.29, 0.717) is 23.7 Å². The molecule has 1 fully saturated rings. The zero-order valence-corrected chi connectivity index (χ0v) is 14.1. The van der Waals surface area contributed by atoms with Crippen LogP contribution in [0.25, 0.3) is 22.4 Å². The topological polar surface area (TPSA) is 114 Å². The molecule has 0 bridgehead atoms. The van der Waals surface area contributed by atoms with Gasteiger partial charge in [-0.1, -0.05) is 12.8 Å². The van der Waals surface area contributed by atoms with Crippen molar-refractivity contribution in [3.8, 4) is 11.4 Å². The van der Waals surface area contributed by atoms with E-state index in [9.17, 15) is 9.59 Å². The first-order valence-corrected chi connectivity index (χ1v) is 8.60. The molecule has 3 aromatic rings. The summed E-state index contributed by atoms with van der Waals surface area (Å²) in [5, 5.41) is 2.75. The summed E-state index contributed by atoms with van der Waals surface area (Å²) in [7, 11) is 0. The Labute approximate surface area is 150 Å². The van der Waals surface area contributed by atoms with Crippen LogP contribution >= 0.6 is 0 Å². The normalized spacial score (nSPS) is 14.9. The second-order valence-corrected chi connectivity index (χ2v) is 6.66. The fourth-order valence-corrected chi connectivity index (χ4v) is 2.97. The van der Waals surface area contributed by atoms with Crippen molar-refractivity contribution in [2.24, 2.45) is 11.7 Å². The maximum absolute atomic E-state index is 12.5. The van der Waals surface area contributed by atoms with Crippen molar-refractivity contribution in [1.82, 2.24) is 20.3 Å². The van der Waals surface area contributed by atoms with Gasteiger partial charge in [-0.2, -0.15) is 0 Å². The quantitative estimate of drug-likeness (QED) is 0.631. The Morgan fingerprint density at radius 2 is 2.00 bits per heavy atom. The van der Waals surface area contributed by atoms with Crippen molar-refractivity contribution in [1.29, 1.82) is 0 Å². The number of aromatic nitrogens is 3. The zero-order valence-electron chi connectivity index (χ0n) is 14.1. The van der Waals surface area contributed by atoms with Gasteiger partial charge in [0.15, 0.2) is 0 Å². The van der Waals surface area contributed by atoms with Crippen LogP contribution in [0.4, 0.5) is 0 Å². The molecule has 2 amide bonds. The van der Waals surface area contributed by atoms with Crippen molar-refractivity contribution in [2.75, 3.05) is 0 Å². The number of rotatable bonds is 6. The molecule has 7 heteroatoms. The van der Waals surface area contributed by atoms with Gasteiger partial charge in [0.05, 0.1) is 11.0 Å². The molecular formula is C19H19N5O2. The molecule has 0 aliphatic heterocycles. The van der Waals surface area contributed by atoms with E-state index < -0.39 is 11.9 Å². The van der Waals surface area contributed by atoms with Crippen molar-refractivity contribution in [3.05, 3.63) is 48.3 Å². The van der Waals surface area contributed by atoms with Crippen LogP contribution in [0, 0.1) is 5.92 Å². The van der Waals surface area contributed by atoms with Gasteiger partial charge in [0, 0.05) is 23.5 Å². The van der Waals surface area contributed by atoms with E-state index in [1.807, 2.05) is 12.1 Å². The number of benzene rings is 1. The van der Waals surface area contributed by atoms with Crippen molar-refractivity contribution in [3.63, 3.8) is 0 Å². The zero-order chi connectivity index (χ0) is 18.1. The molecule has 7 nitrogen and oxygen atoms in total. The molecule has 4 rings (SSSR count). The van der Waals surface area contributed by atoms with Crippen LogP contribution in [-0.2, 0) is 4.79 Å². The highest BCUT2D eigenvalue weighted by atomic mass is 16.2. The molecule has 2 aromatic heterocycles. The van der Waals surface area contributed by atoms with Gasteiger partial charge < -0.3 is 16.0 Å². The van der Waals surface area contributed by atoms with Crippen LogP contribution in [-0.4, -0.2) is 32.8 Å². The van der Waals surface area contributed by atoms with Gasteiger partial charge in [-0.15, -0.1) is 0 Å². The summed E-state index contributed by atoms with van der Waals surface area (Å²) in [4.78, 5) is 35.9. The molecule has 1 aliphatic carbocycles. The molecule has 26 heavy (non-hydrogen) atoms. The highest BCUT2D eigenvalue weighted by Gasteiger charge is 2.29. The summed E-state index contributed by atoms with van der Waals surface area (Å²) in [5.41, 5.74) is 8.32. The number of H-pyrrole nitrogens is 1. The number of nitrogens with two attached hydrogens (primary N) is 1. The predicted octanol–water partition coefficient (Wildman–Crippen LogP) is 2.01. The first-order valence-electron chi connectivity index (χ1n) is 8.60. The first kappa shape index (κ1) is 16.3. The Balaban J connectivity index is 1.56. The van der Waals surface area contributed by atoms with E-state index in [0.717, 1.165) is 29.4 Å². The van der Waals surface area contributed by atoms with Gasteiger partial charge in [-0.25, -0.2) is 4.98 Å². The summed E-state index contributed by atoms with van der Waals surface area (Å²) in [6, 6.07) is 8.31. The number of aromatic amines is 1. The Bertz CT molecular complexity index is 962. The minimum atomic E-state index is -0.625. The van der Waals surface area contributed by atoms with Crippen LogP contribution < -0.4 is 11.1 Å². The molecule has 1 atom stereocenters. The van der Waals surface area contributed by atoms with E-state index in [-0.39, 0.29) is 5.91 Å². The molecule has 1 aliphatic rings. The van der Waals surface area contributed by atoms with Crippen molar-refractivity contribution < 1.29 is 9.59 Å². The SMILES string of the molecule is NC(=O)C(CC1CC1)NC(=O)c1ccc2nc(-c3ccncc3)[nH]c2c1. The highest BCUT2D eigenvalue weighted by molar-refractivity contribution is 5.99. The van der Waals surface area contributed by atoms with E-state index in [1.165, 1.54) is 0 Å². The predicted molar refractivity (Wildman–Crippen MR) is 97.1 cm³/mol. The van der Waals surface area contributed by atoms with E-state index in [1.54, 1.807) is 30.6 Å². The molecule has 4 N–H and O–H groups in total. The first-order chi connectivity index (χ1) is 12.6. The van der Waals surface area contributed by atoms with Crippen LogP contribution in [0.15, 0.2) is 42.7 Å². The second-order valence-electron chi connectivity index (χ2n) is 6.66. The minimum Gasteiger partial charge on any atom is -0.368 e. The van der Waals surface area contributed by atoms with Crippen LogP contribution in [0.2, 0.25) is 0 Å². The number of carbonyl (C=O) groups is 2. The molecule has 132 valence electrons. The number of carbonyl (C=O) groups excluding carboxylic acids is 2. The molecule has 2 heterocycles. The van der Waals surface area contributed by atoms with Crippen LogP contribution in [0.1, 0.15) is 29.6 Å². The third-order valence-corrected chi connectivity index (χ3v) is 4.61. The Kier molecular flexibility index (Phi) is 4.12. The fourth-order valence-electron chi connectivity index (χ4n) is 2.97. The molecule has 1 aromatic carbocycles. The van der Waals surface area contributed by atoms with Gasteiger partial charge in [0.2, 0.25) is 5.91 Å². The van der Waals surface area contributed by atoms with Crippen molar-refractivity contribution in [2.45, 2.75) is 25.3 Å². The summed E-state index contributed by atoms with van der Waals surface area (Å²) >= 11 is 0. The number of hydrogen-bond acceptors (Lipinski definition) is 4. The standard InChI is InChI=1S/C19H19N5O2/c20-17(25)16(9-11-1-2-11)24-19(26)13-3-4-14-15(10-13)23-18(22-14)12-5-7-21-8-6-12/h3-8,10-11,16H,1-2,9H2,(H2,20,25)(H,22,23)(H,24,26). The number of hydrogen-bond donors (Lipinski definition) is 3. The largest absolute Gasteiger partial charge is 0.368 e. The Morgan fingerprint density at radius 3 is 2.69 bits per heavy atom. The molecule has 1 saturated carbocycles. The lowest BCUT2D eigenvalue weighted by Gasteiger charge is -2.15. The van der Waals surface area contributed by atoms with Gasteiger partial charge in [-0.05, 0) is 42.7 Å². The number of nitrogens with zero attached hydrogens (tertiary/aromatic N) is 2. The average molecular weight is 349 g/mol. The summed E-state index contributed by atoms with van der Waals surface area (Å²) in [5.74, 6) is 0.402. The summed E-state index contributed by atoms with van der Waals surface area (Å²) in [6.45, 7) is 0. The van der Waals surface area contributed by atoms with E-state index in [2.05, 4.69) is 20.3 Å². The number of primary amides is 1. The average Bonchev–Trinajstić information content (AvgIpc) is 3.36. The molecule has 0 spiro atoms. The number of nitrogens with one attached hydrogen (secondary N) is 2. The number of pyridine rings is 1. The van der Waals surface area contributed by atoms with Gasteiger partial charge in [0.25, 0.3) is 5.91 Å². The lowest BCUT2D eigenvalue weighted by atomic mass is 10.1. The number of fused-ring (bicyclic) bond motifs is 1. The number of imidazole rings is 1. The summed E-state index contributed by atoms with van der Waals surface area (Å²) < 4.78 is 0. The lowest BCUT2D eigenvalue weighted by molar-refractivity contribution is -0.120. The summed E-state index contributed by atoms with van der Waals surface area (Å²) in [6.07, 6.45) is 6.20. The monoisotopic (exact) mass is 349 g/mol. The van der Waals surface area contributed by atoms with Crippen molar-refractivity contribution >= 4 is 22.8 Å². The molecule has 1 unspecified atom stereocenters. The molecule has 0 saturated heterocycles. The van der Waals surface area contributed by atoms with E-state index >= 15 is 0 Å². The lowest BCUT2D eigenvalue weighted by Crippen LogP contribution is -2.44. The van der Waals surface area contributed by atoms with Gasteiger partial charge in [-0.3, -0.25) is 14.6 Å². The minimum absolute atomic E-state index is 0.309. The highest BCUT2D eigenvalue weighted by Crippen LogP contribution is 2.33. The Morgan fingerprint density at radius 1 is 1.23 bits per heavy atom. The maximum Gasteiger partial charge on any atom is 0.252 e. The van der Waals surface area contributed by atoms with Crippen LogP contribution in [0.5, 0.6) is 0 Å². The van der Waals surface area contributed by atoms with Crippen LogP contribution in [0.3, 0.4) is 0 Å². The van der Waals surface area contributed by atoms with Gasteiger partial charge >= 0.3 is 0 Å². The van der Waals surface area contributed by atoms with E-state index in [4.69, 9.17) is 5.73 Å². The number of amides is 2. The molecule has 0 radical (unpaired) electrons. The third-order valence-electron chi connectivity index (χ3n) is 4.61. The fraction of sp³-hybridized carbons (Fsp3) is 0.263.